The highest BCUT2D eigenvalue weighted by Crippen LogP contribution is 2.30. The van der Waals surface area contributed by atoms with Crippen molar-refractivity contribution < 1.29 is 19.4 Å². The maximum atomic E-state index is 11.5. The topological polar surface area (TPSA) is 74.3 Å². The highest BCUT2D eigenvalue weighted by molar-refractivity contribution is 5.63. The van der Waals surface area contributed by atoms with Crippen LogP contribution >= 0.6 is 0 Å². The van der Waals surface area contributed by atoms with Gasteiger partial charge in [-0.1, -0.05) is 18.9 Å². The number of fused-ring (bicyclic) bond motifs is 1. The Kier molecular flexibility index (Phi) is 5.19. The van der Waals surface area contributed by atoms with Crippen molar-refractivity contribution in [3.8, 4) is 11.5 Å². The molecule has 0 atom stereocenters. The van der Waals surface area contributed by atoms with Gasteiger partial charge in [-0.3, -0.25) is 0 Å². The molecule has 1 saturated heterocycles. The second-order valence-electron chi connectivity index (χ2n) is 5.78. The van der Waals surface area contributed by atoms with Crippen molar-refractivity contribution in [3.05, 3.63) is 23.8 Å². The Balaban J connectivity index is 1.63. The Bertz CT molecular complexity index is 544. The predicted octanol–water partition coefficient (Wildman–Crippen LogP) is 2.23. The Hall–Kier alpha value is -1.99. The summed E-state index contributed by atoms with van der Waals surface area (Å²) in [6.07, 6.45) is 3.38. The van der Waals surface area contributed by atoms with Crippen LogP contribution in [0.3, 0.4) is 0 Å². The first-order valence-corrected chi connectivity index (χ1v) is 8.14. The number of hydrogen-bond acceptors (Lipinski definition) is 5. The molecule has 0 radical (unpaired) electrons. The van der Waals surface area contributed by atoms with Gasteiger partial charge in [0.1, 0.15) is 13.2 Å². The second kappa shape index (κ2) is 7.52. The van der Waals surface area contributed by atoms with Gasteiger partial charge in [0.25, 0.3) is 0 Å². The number of nitrogens with one attached hydrogen (secondary N) is 1. The molecule has 0 aromatic heterocycles. The number of carboxylic acid groups (broad SMARTS) is 1. The summed E-state index contributed by atoms with van der Waals surface area (Å²) < 4.78 is 11.1. The summed E-state index contributed by atoms with van der Waals surface area (Å²) in [7, 11) is 0. The Labute approximate surface area is 135 Å². The van der Waals surface area contributed by atoms with E-state index in [4.69, 9.17) is 9.47 Å². The Morgan fingerprint density at radius 1 is 1.13 bits per heavy atom. The molecule has 2 N–H and O–H groups in total. The van der Waals surface area contributed by atoms with Crippen molar-refractivity contribution in [3.63, 3.8) is 0 Å². The van der Waals surface area contributed by atoms with Gasteiger partial charge in [-0.2, -0.15) is 5.12 Å². The molecular weight excluding hydrogens is 298 g/mol. The van der Waals surface area contributed by atoms with E-state index in [2.05, 4.69) is 5.43 Å². The first-order valence-electron chi connectivity index (χ1n) is 8.14. The normalized spacial score (nSPS) is 18.3. The highest BCUT2D eigenvalue weighted by atomic mass is 16.6. The summed E-state index contributed by atoms with van der Waals surface area (Å²) in [6.45, 7) is 3.05. The van der Waals surface area contributed by atoms with Crippen molar-refractivity contribution >= 4 is 6.09 Å². The number of benzene rings is 1. The molecule has 126 valence electrons. The lowest BCUT2D eigenvalue weighted by molar-refractivity contribution is -0.0473. The number of hydrogen-bond donors (Lipinski definition) is 2. The molecule has 0 spiro atoms. The van der Waals surface area contributed by atoms with Gasteiger partial charge < -0.3 is 14.6 Å². The summed E-state index contributed by atoms with van der Waals surface area (Å²) in [5, 5.41) is 12.6. The SMILES string of the molecule is O=C(O)N(NCc1ccc2c(c1)OCCO2)N1CCCCCC1. The average Bonchev–Trinajstić information content (AvgIpc) is 2.84. The van der Waals surface area contributed by atoms with Crippen LogP contribution in [0.25, 0.3) is 0 Å². The van der Waals surface area contributed by atoms with Crippen molar-refractivity contribution in [1.82, 2.24) is 15.6 Å². The van der Waals surface area contributed by atoms with E-state index in [1.54, 1.807) is 0 Å². The number of carbonyl (C=O) groups is 1. The monoisotopic (exact) mass is 321 g/mol. The largest absolute Gasteiger partial charge is 0.486 e. The Morgan fingerprint density at radius 2 is 1.83 bits per heavy atom. The summed E-state index contributed by atoms with van der Waals surface area (Å²) in [4.78, 5) is 11.5. The molecule has 3 rings (SSSR count). The first-order chi connectivity index (χ1) is 11.2. The lowest BCUT2D eigenvalue weighted by atomic mass is 10.2. The Morgan fingerprint density at radius 3 is 2.52 bits per heavy atom. The maximum absolute atomic E-state index is 11.5. The lowest BCUT2D eigenvalue weighted by Gasteiger charge is -2.31. The van der Waals surface area contributed by atoms with Crippen molar-refractivity contribution in [2.45, 2.75) is 32.2 Å². The van der Waals surface area contributed by atoms with Crippen LogP contribution in [-0.4, -0.2) is 47.6 Å². The predicted molar refractivity (Wildman–Crippen MR) is 84.2 cm³/mol. The molecule has 1 amide bonds. The van der Waals surface area contributed by atoms with Gasteiger partial charge in [-0.25, -0.2) is 15.2 Å². The maximum Gasteiger partial charge on any atom is 0.437 e. The molecular formula is C16H23N3O4. The van der Waals surface area contributed by atoms with Crippen LogP contribution in [0.1, 0.15) is 31.2 Å². The fourth-order valence-corrected chi connectivity index (χ4v) is 2.91. The molecule has 7 nitrogen and oxygen atoms in total. The average molecular weight is 321 g/mol. The van der Waals surface area contributed by atoms with Gasteiger partial charge in [0.15, 0.2) is 11.5 Å². The van der Waals surface area contributed by atoms with E-state index in [9.17, 15) is 9.90 Å². The van der Waals surface area contributed by atoms with E-state index in [1.807, 2.05) is 23.2 Å². The molecule has 1 aromatic carbocycles. The van der Waals surface area contributed by atoms with Gasteiger partial charge >= 0.3 is 6.09 Å². The fourth-order valence-electron chi connectivity index (χ4n) is 2.91. The van der Waals surface area contributed by atoms with Crippen LogP contribution in [0.15, 0.2) is 18.2 Å². The molecule has 1 fully saturated rings. The summed E-state index contributed by atoms with van der Waals surface area (Å²) in [5.41, 5.74) is 3.96. The number of rotatable bonds is 4. The molecule has 0 unspecified atom stereocenters. The van der Waals surface area contributed by atoms with E-state index in [-0.39, 0.29) is 0 Å². The third-order valence-corrected chi connectivity index (χ3v) is 4.09. The van der Waals surface area contributed by atoms with Gasteiger partial charge in [0, 0.05) is 19.6 Å². The van der Waals surface area contributed by atoms with Gasteiger partial charge in [-0.15, -0.1) is 0 Å². The molecule has 0 saturated carbocycles. The van der Waals surface area contributed by atoms with E-state index in [0.717, 1.165) is 50.1 Å². The summed E-state index contributed by atoms with van der Waals surface area (Å²) >= 11 is 0. The van der Waals surface area contributed by atoms with Gasteiger partial charge in [0.2, 0.25) is 0 Å². The number of hydrazine groups is 2. The van der Waals surface area contributed by atoms with Crippen LogP contribution in [0, 0.1) is 0 Å². The quantitative estimate of drug-likeness (QED) is 0.829. The number of nitrogens with zero attached hydrogens (tertiary/aromatic N) is 2. The second-order valence-corrected chi connectivity index (χ2v) is 5.78. The standard InChI is InChI=1S/C16H23N3O4/c20-16(21)19(18-7-3-1-2-4-8-18)17-12-13-5-6-14-15(11-13)23-10-9-22-14/h5-6,11,17H,1-4,7-10,12H2,(H,20,21). The fraction of sp³-hybridized carbons (Fsp3) is 0.562. The van der Waals surface area contributed by atoms with Crippen LogP contribution in [0.5, 0.6) is 11.5 Å². The highest BCUT2D eigenvalue weighted by Gasteiger charge is 2.22. The van der Waals surface area contributed by atoms with E-state index < -0.39 is 6.09 Å². The van der Waals surface area contributed by atoms with Crippen LogP contribution < -0.4 is 14.9 Å². The minimum atomic E-state index is -0.982. The molecule has 7 heteroatoms. The first kappa shape index (κ1) is 15.9. The number of ether oxygens (including phenoxy) is 2. The zero-order valence-electron chi connectivity index (χ0n) is 13.2. The van der Waals surface area contributed by atoms with E-state index in [1.165, 1.54) is 5.12 Å². The number of amides is 1. The molecule has 1 aromatic rings. The summed E-state index contributed by atoms with van der Waals surface area (Å²) in [6, 6.07) is 5.68. The van der Waals surface area contributed by atoms with Crippen LogP contribution in [0.4, 0.5) is 4.79 Å². The zero-order valence-corrected chi connectivity index (χ0v) is 13.2. The molecule has 0 bridgehead atoms. The lowest BCUT2D eigenvalue weighted by Crippen LogP contribution is -2.53. The third kappa shape index (κ3) is 4.05. The van der Waals surface area contributed by atoms with Crippen molar-refractivity contribution in [2.24, 2.45) is 0 Å². The third-order valence-electron chi connectivity index (χ3n) is 4.09. The smallest absolute Gasteiger partial charge is 0.437 e. The van der Waals surface area contributed by atoms with Crippen molar-refractivity contribution in [2.75, 3.05) is 26.3 Å². The van der Waals surface area contributed by atoms with E-state index in [0.29, 0.717) is 25.5 Å². The summed E-state index contributed by atoms with van der Waals surface area (Å²) in [5.74, 6) is 1.45. The molecule has 0 aliphatic carbocycles. The molecule has 2 heterocycles. The minimum Gasteiger partial charge on any atom is -0.486 e. The van der Waals surface area contributed by atoms with Crippen LogP contribution in [0.2, 0.25) is 0 Å². The van der Waals surface area contributed by atoms with Crippen LogP contribution in [-0.2, 0) is 6.54 Å². The zero-order chi connectivity index (χ0) is 16.1. The molecule has 2 aliphatic heterocycles. The minimum absolute atomic E-state index is 0.416. The van der Waals surface area contributed by atoms with Gasteiger partial charge in [-0.05, 0) is 30.5 Å². The van der Waals surface area contributed by atoms with Crippen molar-refractivity contribution in [1.29, 1.82) is 0 Å². The van der Waals surface area contributed by atoms with Gasteiger partial charge in [0.05, 0.1) is 0 Å². The molecule has 2 aliphatic rings. The molecule has 23 heavy (non-hydrogen) atoms. The van der Waals surface area contributed by atoms with E-state index >= 15 is 0 Å².